The summed E-state index contributed by atoms with van der Waals surface area (Å²) in [5.41, 5.74) is 0.879. The van der Waals surface area contributed by atoms with Gasteiger partial charge < -0.3 is 5.32 Å². The maximum absolute atomic E-state index is 12.6. The molecule has 1 aliphatic heterocycles. The van der Waals surface area contributed by atoms with Gasteiger partial charge in [-0.15, -0.1) is 0 Å². The van der Waals surface area contributed by atoms with Crippen molar-refractivity contribution in [2.45, 2.75) is 17.7 Å². The summed E-state index contributed by atoms with van der Waals surface area (Å²) in [5.74, 6) is -0.237. The number of carbonyl (C=O) groups is 1. The van der Waals surface area contributed by atoms with Crippen LogP contribution in [0.1, 0.15) is 23.2 Å². The number of hydrogen-bond donors (Lipinski definition) is 1. The van der Waals surface area contributed by atoms with E-state index < -0.39 is 10.0 Å². The number of carbonyl (C=O) groups excluding carboxylic acids is 1. The van der Waals surface area contributed by atoms with Gasteiger partial charge in [-0.3, -0.25) is 4.79 Å². The first kappa shape index (κ1) is 19.2. The lowest BCUT2D eigenvalue weighted by Crippen LogP contribution is -2.28. The van der Waals surface area contributed by atoms with Crippen LogP contribution in [-0.2, 0) is 10.0 Å². The fourth-order valence-corrected chi connectivity index (χ4v) is 4.76. The number of ketones is 1. The van der Waals surface area contributed by atoms with Crippen molar-refractivity contribution in [2.24, 2.45) is 0 Å². The van der Waals surface area contributed by atoms with Crippen LogP contribution in [0.5, 0.6) is 0 Å². The highest BCUT2D eigenvalue weighted by atomic mass is 35.5. The monoisotopic (exact) mass is 412 g/mol. The highest BCUT2D eigenvalue weighted by molar-refractivity contribution is 7.89. The first-order valence-corrected chi connectivity index (χ1v) is 10.4. The van der Waals surface area contributed by atoms with Crippen LogP contribution in [0.4, 0.5) is 5.69 Å². The quantitative estimate of drug-likeness (QED) is 0.725. The average Bonchev–Trinajstić information content (AvgIpc) is 3.18. The number of rotatable bonds is 6. The Balaban J connectivity index is 1.75. The van der Waals surface area contributed by atoms with Gasteiger partial charge >= 0.3 is 0 Å². The third kappa shape index (κ3) is 4.04. The van der Waals surface area contributed by atoms with Gasteiger partial charge in [-0.05, 0) is 37.1 Å². The van der Waals surface area contributed by atoms with Gasteiger partial charge in [0.1, 0.15) is 0 Å². The van der Waals surface area contributed by atoms with E-state index in [2.05, 4.69) is 5.32 Å². The normalized spacial score (nSPS) is 15.2. The fourth-order valence-electron chi connectivity index (χ4n) is 2.83. The van der Waals surface area contributed by atoms with Crippen molar-refractivity contribution in [1.82, 2.24) is 4.31 Å². The number of anilines is 1. The van der Waals surface area contributed by atoms with E-state index in [-0.39, 0.29) is 17.2 Å². The molecule has 0 atom stereocenters. The lowest BCUT2D eigenvalue weighted by Gasteiger charge is -2.16. The van der Waals surface area contributed by atoms with E-state index in [1.54, 1.807) is 30.3 Å². The van der Waals surface area contributed by atoms with Gasteiger partial charge in [-0.1, -0.05) is 41.4 Å². The molecular formula is C18H18Cl2N2O3S. The first-order valence-electron chi connectivity index (χ1n) is 8.21. The topological polar surface area (TPSA) is 66.5 Å². The molecule has 0 saturated carbocycles. The average molecular weight is 413 g/mol. The summed E-state index contributed by atoms with van der Waals surface area (Å²) < 4.78 is 26.7. The third-order valence-corrected chi connectivity index (χ3v) is 6.96. The van der Waals surface area contributed by atoms with Gasteiger partial charge in [0, 0.05) is 18.7 Å². The number of nitrogens with one attached hydrogen (secondary N) is 1. The van der Waals surface area contributed by atoms with Gasteiger partial charge in [0.2, 0.25) is 10.0 Å². The first-order chi connectivity index (χ1) is 12.4. The number of nitrogens with zero attached hydrogens (tertiary/aromatic N) is 1. The van der Waals surface area contributed by atoms with Crippen LogP contribution in [0.3, 0.4) is 0 Å². The molecule has 0 aliphatic carbocycles. The predicted molar refractivity (Wildman–Crippen MR) is 104 cm³/mol. The summed E-state index contributed by atoms with van der Waals surface area (Å²) in [6.07, 6.45) is 1.73. The summed E-state index contributed by atoms with van der Waals surface area (Å²) in [4.78, 5) is 12.6. The highest BCUT2D eigenvalue weighted by Gasteiger charge is 2.27. The van der Waals surface area contributed by atoms with Gasteiger partial charge in [-0.25, -0.2) is 8.42 Å². The van der Waals surface area contributed by atoms with Gasteiger partial charge in [0.05, 0.1) is 27.2 Å². The van der Waals surface area contributed by atoms with Crippen molar-refractivity contribution in [2.75, 3.05) is 25.0 Å². The third-order valence-electron chi connectivity index (χ3n) is 4.25. The van der Waals surface area contributed by atoms with E-state index in [0.717, 1.165) is 12.8 Å². The smallest absolute Gasteiger partial charge is 0.243 e. The summed E-state index contributed by atoms with van der Waals surface area (Å²) in [6, 6.07) is 11.2. The summed E-state index contributed by atoms with van der Waals surface area (Å²) in [5, 5.41) is 3.67. The molecule has 0 aromatic heterocycles. The number of sulfonamides is 1. The molecule has 2 aromatic carbocycles. The summed E-state index contributed by atoms with van der Waals surface area (Å²) >= 11 is 12.0. The van der Waals surface area contributed by atoms with Gasteiger partial charge in [0.15, 0.2) is 5.78 Å². The molecule has 1 saturated heterocycles. The maximum atomic E-state index is 12.6. The van der Waals surface area contributed by atoms with Crippen LogP contribution in [0.2, 0.25) is 10.0 Å². The maximum Gasteiger partial charge on any atom is 0.243 e. The minimum absolute atomic E-state index is 0.0206. The van der Waals surface area contributed by atoms with E-state index >= 15 is 0 Å². The second kappa shape index (κ2) is 7.96. The molecule has 3 rings (SSSR count). The minimum atomic E-state index is -3.55. The zero-order chi connectivity index (χ0) is 18.7. The number of hydrogen-bond acceptors (Lipinski definition) is 4. The molecule has 0 amide bonds. The molecule has 0 bridgehead atoms. The summed E-state index contributed by atoms with van der Waals surface area (Å²) in [6.45, 7) is 1.03. The molecule has 138 valence electrons. The number of halogens is 2. The lowest BCUT2D eigenvalue weighted by atomic mass is 10.1. The van der Waals surface area contributed by atoms with Crippen molar-refractivity contribution >= 4 is 44.7 Å². The summed E-state index contributed by atoms with van der Waals surface area (Å²) in [7, 11) is -3.55. The van der Waals surface area contributed by atoms with E-state index in [4.69, 9.17) is 23.2 Å². The Morgan fingerprint density at radius 2 is 1.77 bits per heavy atom. The fraction of sp³-hybridized carbons (Fsp3) is 0.278. The Morgan fingerprint density at radius 3 is 2.50 bits per heavy atom. The zero-order valence-electron chi connectivity index (χ0n) is 13.9. The zero-order valence-corrected chi connectivity index (χ0v) is 16.2. The van der Waals surface area contributed by atoms with E-state index in [9.17, 15) is 13.2 Å². The van der Waals surface area contributed by atoms with Crippen LogP contribution >= 0.6 is 23.2 Å². The standard InChI is InChI=1S/C18H18Cl2N2O3S/c19-15-7-4-8-16(18(15)20)21-12-17(23)13-5-3-6-14(11-13)26(24,25)22-9-1-2-10-22/h3-8,11,21H,1-2,9-10,12H2. The van der Waals surface area contributed by atoms with Crippen molar-refractivity contribution in [1.29, 1.82) is 0 Å². The molecule has 1 N–H and O–H groups in total. The molecule has 0 radical (unpaired) electrons. The molecule has 2 aromatic rings. The van der Waals surface area contributed by atoms with Crippen LogP contribution in [0, 0.1) is 0 Å². The molecule has 8 heteroatoms. The molecular weight excluding hydrogens is 395 g/mol. The Kier molecular flexibility index (Phi) is 5.87. The Labute approximate surface area is 163 Å². The van der Waals surface area contributed by atoms with Crippen molar-refractivity contribution < 1.29 is 13.2 Å². The number of Topliss-reactive ketones (excluding diaryl/α,β-unsaturated/α-hetero) is 1. The van der Waals surface area contributed by atoms with Crippen LogP contribution < -0.4 is 5.32 Å². The predicted octanol–water partition coefficient (Wildman–Crippen LogP) is 4.07. The Hall–Kier alpha value is -1.60. The van der Waals surface area contributed by atoms with E-state index in [1.807, 2.05) is 0 Å². The number of benzene rings is 2. The molecule has 5 nitrogen and oxygen atoms in total. The second-order valence-corrected chi connectivity index (χ2v) is 8.74. The van der Waals surface area contributed by atoms with Crippen molar-refractivity contribution in [3.63, 3.8) is 0 Å². The SMILES string of the molecule is O=C(CNc1cccc(Cl)c1Cl)c1cccc(S(=O)(=O)N2CCCC2)c1. The van der Waals surface area contributed by atoms with Crippen LogP contribution in [0.15, 0.2) is 47.4 Å². The highest BCUT2D eigenvalue weighted by Crippen LogP contribution is 2.29. The Bertz CT molecular complexity index is 926. The lowest BCUT2D eigenvalue weighted by molar-refractivity contribution is 0.101. The Morgan fingerprint density at radius 1 is 1.08 bits per heavy atom. The second-order valence-electron chi connectivity index (χ2n) is 6.02. The van der Waals surface area contributed by atoms with Crippen molar-refractivity contribution in [3.8, 4) is 0 Å². The molecule has 1 heterocycles. The minimum Gasteiger partial charge on any atom is -0.376 e. The molecule has 0 spiro atoms. The molecule has 26 heavy (non-hydrogen) atoms. The van der Waals surface area contributed by atoms with Gasteiger partial charge in [0.25, 0.3) is 0 Å². The van der Waals surface area contributed by atoms with Crippen molar-refractivity contribution in [3.05, 3.63) is 58.1 Å². The van der Waals surface area contributed by atoms with E-state index in [1.165, 1.54) is 16.4 Å². The molecule has 1 fully saturated rings. The van der Waals surface area contributed by atoms with Gasteiger partial charge in [-0.2, -0.15) is 4.31 Å². The van der Waals surface area contributed by atoms with E-state index in [0.29, 0.717) is 34.4 Å². The molecule has 0 unspecified atom stereocenters. The largest absolute Gasteiger partial charge is 0.376 e. The van der Waals surface area contributed by atoms with Crippen LogP contribution in [0.25, 0.3) is 0 Å². The van der Waals surface area contributed by atoms with Crippen LogP contribution in [-0.4, -0.2) is 38.1 Å². The molecule has 1 aliphatic rings.